The van der Waals surface area contributed by atoms with Crippen LogP contribution >= 0.6 is 0 Å². The molecule has 4 aliphatic carbocycles. The molecule has 122 valence electrons. The van der Waals surface area contributed by atoms with Gasteiger partial charge < -0.3 is 6.08 Å². The van der Waals surface area contributed by atoms with Crippen molar-refractivity contribution in [3.05, 3.63) is 58.7 Å². The fourth-order valence-electron chi connectivity index (χ4n) is 4.20. The maximum absolute atomic E-state index is 9.75. The molecule has 0 aromatic carbocycles. The van der Waals surface area contributed by atoms with Crippen LogP contribution in [0.2, 0.25) is 0 Å². The van der Waals surface area contributed by atoms with Crippen LogP contribution in [0.5, 0.6) is 0 Å². The monoisotopic (exact) mass is 349 g/mol. The molecule has 2 atom stereocenters. The SMILES string of the molecule is [C-](=C[C@@H]1C=CC2=C1CCCC2)[C@H]1C=CC2=C1CCCC2.[F][Ti][F]. The molecule has 0 aliphatic heterocycles. The molecule has 0 radical (unpaired) electrons. The van der Waals surface area contributed by atoms with Crippen LogP contribution < -0.4 is 0 Å². The van der Waals surface area contributed by atoms with Crippen LogP contribution in [0.4, 0.5) is 6.18 Å². The van der Waals surface area contributed by atoms with Crippen molar-refractivity contribution in [1.82, 2.24) is 0 Å². The fourth-order valence-corrected chi connectivity index (χ4v) is 4.20. The van der Waals surface area contributed by atoms with Crippen molar-refractivity contribution in [3.63, 3.8) is 0 Å². The molecular formula is C20H23F2Ti-. The molecule has 0 heterocycles. The van der Waals surface area contributed by atoms with Crippen molar-refractivity contribution in [1.29, 1.82) is 0 Å². The zero-order valence-electron chi connectivity index (χ0n) is 13.5. The molecule has 0 amide bonds. The average Bonchev–Trinajstić information content (AvgIpc) is 3.18. The molecular weight excluding hydrogens is 326 g/mol. The summed E-state index contributed by atoms with van der Waals surface area (Å²) in [6.07, 6.45) is 26.2. The van der Waals surface area contributed by atoms with Crippen LogP contribution in [0.15, 0.2) is 52.7 Å². The van der Waals surface area contributed by atoms with E-state index in [9.17, 15) is 6.18 Å². The van der Waals surface area contributed by atoms with Gasteiger partial charge in [-0.2, -0.15) is 0 Å². The van der Waals surface area contributed by atoms with Crippen molar-refractivity contribution in [2.24, 2.45) is 11.8 Å². The first-order valence-corrected chi connectivity index (χ1v) is 9.87. The van der Waals surface area contributed by atoms with Gasteiger partial charge in [-0.1, -0.05) is 34.9 Å². The zero-order valence-corrected chi connectivity index (χ0v) is 15.0. The van der Waals surface area contributed by atoms with Crippen LogP contribution in [0, 0.1) is 17.9 Å². The minimum atomic E-state index is -2.50. The third kappa shape index (κ3) is 4.03. The Labute approximate surface area is 148 Å². The summed E-state index contributed by atoms with van der Waals surface area (Å²) in [7, 11) is 0. The molecule has 23 heavy (non-hydrogen) atoms. The Hall–Kier alpha value is -0.726. The van der Waals surface area contributed by atoms with Crippen molar-refractivity contribution in [2.45, 2.75) is 51.4 Å². The molecule has 0 unspecified atom stereocenters. The van der Waals surface area contributed by atoms with Gasteiger partial charge in [0.15, 0.2) is 0 Å². The fraction of sp³-hybridized carbons (Fsp3) is 0.500. The van der Waals surface area contributed by atoms with E-state index < -0.39 is 20.2 Å². The number of rotatable bonds is 2. The van der Waals surface area contributed by atoms with Crippen LogP contribution in [0.1, 0.15) is 51.4 Å². The first-order chi connectivity index (χ1) is 11.3. The van der Waals surface area contributed by atoms with Gasteiger partial charge in [0.1, 0.15) is 0 Å². The summed E-state index contributed by atoms with van der Waals surface area (Å²) in [6.45, 7) is 0. The molecule has 0 fully saturated rings. The Morgan fingerprint density at radius 1 is 0.870 bits per heavy atom. The van der Waals surface area contributed by atoms with Gasteiger partial charge in [-0.25, -0.2) is 0 Å². The topological polar surface area (TPSA) is 0 Å². The average molecular weight is 349 g/mol. The van der Waals surface area contributed by atoms with Gasteiger partial charge in [0, 0.05) is 0 Å². The maximum atomic E-state index is 9.75. The molecule has 4 aliphatic rings. The van der Waals surface area contributed by atoms with Crippen molar-refractivity contribution in [2.75, 3.05) is 0 Å². The van der Waals surface area contributed by atoms with Crippen molar-refractivity contribution >= 4 is 0 Å². The Balaban J connectivity index is 0.000000485. The van der Waals surface area contributed by atoms with Gasteiger partial charge in [-0.3, -0.25) is 6.08 Å². The van der Waals surface area contributed by atoms with E-state index in [1.165, 1.54) is 51.4 Å². The first-order valence-electron chi connectivity index (χ1n) is 8.69. The van der Waals surface area contributed by atoms with Gasteiger partial charge in [-0.05, 0) is 62.9 Å². The molecule has 0 N–H and O–H groups in total. The Morgan fingerprint density at radius 3 is 2.17 bits per heavy atom. The summed E-state index contributed by atoms with van der Waals surface area (Å²) >= 11 is -2.50. The molecule has 0 saturated carbocycles. The molecule has 0 aromatic heterocycles. The van der Waals surface area contributed by atoms with E-state index in [4.69, 9.17) is 0 Å². The predicted octanol–water partition coefficient (Wildman–Crippen LogP) is 6.30. The van der Waals surface area contributed by atoms with E-state index in [0.29, 0.717) is 11.8 Å². The standard InChI is InChI=1S/C20H23.2FH.Ti/c1-3-7-19-15(5-1)9-11-17(19)13-14-18-12-10-16-6-2-4-8-20(16)18;;;/h9-13,17-18H,1-8H2;2*1H;/q-1;;;+2/p-2/t17-,18+;;;/m0.../s1. The molecule has 0 bridgehead atoms. The van der Waals surface area contributed by atoms with Gasteiger partial charge in [0.2, 0.25) is 0 Å². The summed E-state index contributed by atoms with van der Waals surface area (Å²) in [5.41, 5.74) is 6.58. The Bertz CT molecular complexity index is 530. The quantitative estimate of drug-likeness (QED) is 0.406. The van der Waals surface area contributed by atoms with Gasteiger partial charge in [0.25, 0.3) is 0 Å². The summed E-state index contributed by atoms with van der Waals surface area (Å²) in [4.78, 5) is 0. The first kappa shape index (κ1) is 17.1. The van der Waals surface area contributed by atoms with Crippen molar-refractivity contribution < 1.29 is 26.4 Å². The van der Waals surface area contributed by atoms with Crippen LogP contribution in [0.25, 0.3) is 0 Å². The van der Waals surface area contributed by atoms with E-state index in [-0.39, 0.29) is 0 Å². The number of allylic oxidation sites excluding steroid dienone is 10. The third-order valence-electron chi connectivity index (χ3n) is 5.34. The normalized spacial score (nSPS) is 28.8. The number of halogens is 2. The molecule has 0 nitrogen and oxygen atoms in total. The van der Waals surface area contributed by atoms with Gasteiger partial charge in [-0.15, -0.1) is 12.0 Å². The van der Waals surface area contributed by atoms with Crippen LogP contribution in [0.3, 0.4) is 0 Å². The minimum absolute atomic E-state index is 0.479. The summed E-state index contributed by atoms with van der Waals surface area (Å²) in [6, 6.07) is 0. The van der Waals surface area contributed by atoms with Gasteiger partial charge >= 0.3 is 26.4 Å². The Morgan fingerprint density at radius 2 is 1.43 bits per heavy atom. The van der Waals surface area contributed by atoms with Crippen LogP contribution in [-0.2, 0) is 20.2 Å². The van der Waals surface area contributed by atoms with E-state index in [0.717, 1.165) is 0 Å². The van der Waals surface area contributed by atoms with Crippen LogP contribution in [-0.4, -0.2) is 0 Å². The summed E-state index contributed by atoms with van der Waals surface area (Å²) in [5, 5.41) is 0. The second-order valence-electron chi connectivity index (χ2n) is 6.64. The van der Waals surface area contributed by atoms with E-state index in [1.54, 1.807) is 22.3 Å². The Kier molecular flexibility index (Phi) is 6.24. The number of hydrogen-bond acceptors (Lipinski definition) is 0. The molecule has 0 aromatic rings. The van der Waals surface area contributed by atoms with Crippen molar-refractivity contribution in [3.8, 4) is 0 Å². The third-order valence-corrected chi connectivity index (χ3v) is 5.34. The second kappa shape index (κ2) is 8.40. The summed E-state index contributed by atoms with van der Waals surface area (Å²) in [5.74, 6) is 1.03. The van der Waals surface area contributed by atoms with Gasteiger partial charge in [0.05, 0.1) is 0 Å². The molecule has 4 rings (SSSR count). The molecule has 0 spiro atoms. The second-order valence-corrected chi connectivity index (χ2v) is 6.86. The van der Waals surface area contributed by atoms with E-state index in [2.05, 4.69) is 36.5 Å². The molecule has 3 heteroatoms. The predicted molar refractivity (Wildman–Crippen MR) is 86.3 cm³/mol. The van der Waals surface area contributed by atoms with E-state index >= 15 is 0 Å². The molecule has 0 saturated heterocycles. The zero-order chi connectivity index (χ0) is 16.1. The van der Waals surface area contributed by atoms with E-state index in [1.807, 2.05) is 0 Å². The number of hydrogen-bond donors (Lipinski definition) is 0. The summed E-state index contributed by atoms with van der Waals surface area (Å²) < 4.78 is 19.5.